The number of allylic oxidation sites excluding steroid dienone is 1. The third kappa shape index (κ3) is 4.74. The van der Waals surface area contributed by atoms with Crippen LogP contribution in [0.1, 0.15) is 27.2 Å². The molecule has 0 rings (SSSR count). The van der Waals surface area contributed by atoms with Crippen molar-refractivity contribution in [2.45, 2.75) is 27.2 Å². The fraction of sp³-hybridized carbons (Fsp3) is 0.636. The van der Waals surface area contributed by atoms with Crippen LogP contribution in [0.15, 0.2) is 16.4 Å². The number of nitrogens with one attached hydrogen (secondary N) is 2. The van der Waals surface area contributed by atoms with E-state index in [1.807, 2.05) is 13.8 Å². The molecule has 0 aliphatic rings. The zero-order chi connectivity index (χ0) is 11.8. The zero-order valence-electron chi connectivity index (χ0n) is 9.80. The quantitative estimate of drug-likeness (QED) is 0.559. The third-order valence-electron chi connectivity index (χ3n) is 2.47. The van der Waals surface area contributed by atoms with E-state index >= 15 is 0 Å². The molecule has 0 spiro atoms. The molecular formula is C11H21N3O. The highest BCUT2D eigenvalue weighted by molar-refractivity contribution is 5.95. The zero-order valence-corrected chi connectivity index (χ0v) is 9.80. The van der Waals surface area contributed by atoms with Gasteiger partial charge in [-0.1, -0.05) is 6.92 Å². The first kappa shape index (κ1) is 13.8. The van der Waals surface area contributed by atoms with Crippen molar-refractivity contribution >= 4 is 12.4 Å². The van der Waals surface area contributed by atoms with Crippen molar-refractivity contribution in [2.75, 3.05) is 13.2 Å². The van der Waals surface area contributed by atoms with E-state index in [1.165, 1.54) is 0 Å². The lowest BCUT2D eigenvalue weighted by atomic mass is 10.1. The molecule has 0 saturated carbocycles. The maximum Gasteiger partial charge on any atom is 0.129 e. The molecule has 0 aromatic rings. The molecular weight excluding hydrogens is 190 g/mol. The van der Waals surface area contributed by atoms with E-state index in [1.54, 1.807) is 6.92 Å². The van der Waals surface area contributed by atoms with Crippen molar-refractivity contribution in [1.82, 2.24) is 5.32 Å². The van der Waals surface area contributed by atoms with Gasteiger partial charge in [0.25, 0.3) is 0 Å². The van der Waals surface area contributed by atoms with Crippen molar-refractivity contribution in [2.24, 2.45) is 10.9 Å². The molecule has 86 valence electrons. The van der Waals surface area contributed by atoms with Crippen molar-refractivity contribution < 1.29 is 5.11 Å². The average molecular weight is 211 g/mol. The van der Waals surface area contributed by atoms with E-state index in [-0.39, 0.29) is 12.5 Å². The Labute approximate surface area is 91.6 Å². The van der Waals surface area contributed by atoms with Gasteiger partial charge in [0.1, 0.15) is 5.82 Å². The van der Waals surface area contributed by atoms with Gasteiger partial charge in [-0.2, -0.15) is 0 Å². The van der Waals surface area contributed by atoms with Gasteiger partial charge in [-0.25, -0.2) is 4.99 Å². The molecule has 3 N–H and O–H groups in total. The SMILES string of the molecule is C=N/C(NC[C@H](CC)CO)=C(/C)C(C)=N. The molecule has 4 heteroatoms. The molecule has 0 bridgehead atoms. The smallest absolute Gasteiger partial charge is 0.129 e. The molecule has 0 aromatic carbocycles. The molecule has 0 heterocycles. The number of hydrogen-bond acceptors (Lipinski definition) is 4. The van der Waals surface area contributed by atoms with Crippen LogP contribution in [0.3, 0.4) is 0 Å². The minimum absolute atomic E-state index is 0.163. The van der Waals surface area contributed by atoms with E-state index in [4.69, 9.17) is 10.5 Å². The molecule has 4 nitrogen and oxygen atoms in total. The minimum Gasteiger partial charge on any atom is -0.396 e. The number of aliphatic hydroxyl groups is 1. The number of rotatable bonds is 7. The second-order valence-corrected chi connectivity index (χ2v) is 3.59. The number of hydrogen-bond donors (Lipinski definition) is 3. The van der Waals surface area contributed by atoms with Gasteiger partial charge in [0.15, 0.2) is 0 Å². The van der Waals surface area contributed by atoms with Crippen LogP contribution in [0, 0.1) is 11.3 Å². The van der Waals surface area contributed by atoms with Crippen LogP contribution in [0.4, 0.5) is 0 Å². The van der Waals surface area contributed by atoms with Gasteiger partial charge in [-0.15, -0.1) is 0 Å². The Bertz CT molecular complexity index is 255. The molecule has 0 aliphatic heterocycles. The van der Waals surface area contributed by atoms with Gasteiger partial charge in [-0.05, 0) is 32.9 Å². The predicted octanol–water partition coefficient (Wildman–Crippen LogP) is 1.57. The average Bonchev–Trinajstić information content (AvgIpc) is 2.24. The van der Waals surface area contributed by atoms with Crippen molar-refractivity contribution in [3.05, 3.63) is 11.4 Å². The second-order valence-electron chi connectivity index (χ2n) is 3.59. The molecule has 0 fully saturated rings. The molecule has 15 heavy (non-hydrogen) atoms. The summed E-state index contributed by atoms with van der Waals surface area (Å²) in [6.07, 6.45) is 0.913. The van der Waals surface area contributed by atoms with Gasteiger partial charge in [0.2, 0.25) is 0 Å². The van der Waals surface area contributed by atoms with Gasteiger partial charge < -0.3 is 15.8 Å². The summed E-state index contributed by atoms with van der Waals surface area (Å²) in [4.78, 5) is 3.85. The molecule has 0 amide bonds. The van der Waals surface area contributed by atoms with Crippen LogP contribution in [0.2, 0.25) is 0 Å². The highest BCUT2D eigenvalue weighted by atomic mass is 16.3. The summed E-state index contributed by atoms with van der Waals surface area (Å²) < 4.78 is 0. The normalized spacial score (nSPS) is 14.1. The Morgan fingerprint density at radius 1 is 1.53 bits per heavy atom. The number of aliphatic hydroxyl groups excluding tert-OH is 1. The van der Waals surface area contributed by atoms with Crippen LogP contribution in [-0.4, -0.2) is 30.7 Å². The number of aliphatic imine (C=N–C) groups is 1. The first-order valence-corrected chi connectivity index (χ1v) is 5.14. The Hall–Kier alpha value is -1.16. The molecule has 0 radical (unpaired) electrons. The summed E-state index contributed by atoms with van der Waals surface area (Å²) in [6.45, 7) is 9.86. The summed E-state index contributed by atoms with van der Waals surface area (Å²) in [5.74, 6) is 0.856. The topological polar surface area (TPSA) is 68.5 Å². The molecule has 0 unspecified atom stereocenters. The molecule has 0 saturated heterocycles. The van der Waals surface area contributed by atoms with E-state index in [2.05, 4.69) is 17.0 Å². The molecule has 0 aromatic heterocycles. The minimum atomic E-state index is 0.163. The lowest BCUT2D eigenvalue weighted by Crippen LogP contribution is -2.25. The van der Waals surface area contributed by atoms with Crippen LogP contribution in [0.25, 0.3) is 0 Å². The third-order valence-corrected chi connectivity index (χ3v) is 2.47. The summed E-state index contributed by atoms with van der Waals surface area (Å²) in [5, 5.41) is 19.6. The summed E-state index contributed by atoms with van der Waals surface area (Å²) in [6, 6.07) is 0. The maximum absolute atomic E-state index is 9.01. The summed E-state index contributed by atoms with van der Waals surface area (Å²) in [5.41, 5.74) is 1.26. The first-order valence-electron chi connectivity index (χ1n) is 5.14. The Kier molecular flexibility index (Phi) is 6.62. The molecule has 1 atom stereocenters. The second kappa shape index (κ2) is 7.17. The van der Waals surface area contributed by atoms with Crippen molar-refractivity contribution in [3.8, 4) is 0 Å². The fourth-order valence-electron chi connectivity index (χ4n) is 1.06. The first-order chi connectivity index (χ1) is 7.06. The Morgan fingerprint density at radius 2 is 2.13 bits per heavy atom. The van der Waals surface area contributed by atoms with Gasteiger partial charge in [0.05, 0.1) is 0 Å². The maximum atomic E-state index is 9.01. The Balaban J connectivity index is 4.41. The van der Waals surface area contributed by atoms with Gasteiger partial charge in [0, 0.05) is 24.4 Å². The summed E-state index contributed by atoms with van der Waals surface area (Å²) in [7, 11) is 0. The van der Waals surface area contributed by atoms with Crippen molar-refractivity contribution in [1.29, 1.82) is 5.41 Å². The van der Waals surface area contributed by atoms with E-state index in [0.717, 1.165) is 12.0 Å². The lowest BCUT2D eigenvalue weighted by Gasteiger charge is -2.15. The standard InChI is InChI=1S/C11H21N3O/c1-5-10(7-15)6-14-11(13-4)8(2)9(3)12/h10,12,14-15H,4-7H2,1-3H3/b11-8+,12-9?/t10-/m0/s1. The predicted molar refractivity (Wildman–Crippen MR) is 64.5 cm³/mol. The van der Waals surface area contributed by atoms with Crippen molar-refractivity contribution in [3.63, 3.8) is 0 Å². The van der Waals surface area contributed by atoms with Gasteiger partial charge >= 0.3 is 0 Å². The van der Waals surface area contributed by atoms with Crippen LogP contribution in [-0.2, 0) is 0 Å². The van der Waals surface area contributed by atoms with Crippen LogP contribution in [0.5, 0.6) is 0 Å². The fourth-order valence-corrected chi connectivity index (χ4v) is 1.06. The van der Waals surface area contributed by atoms with E-state index < -0.39 is 0 Å². The van der Waals surface area contributed by atoms with Crippen LogP contribution < -0.4 is 5.32 Å². The monoisotopic (exact) mass is 211 g/mol. The van der Waals surface area contributed by atoms with E-state index in [9.17, 15) is 0 Å². The lowest BCUT2D eigenvalue weighted by molar-refractivity contribution is 0.221. The van der Waals surface area contributed by atoms with Gasteiger partial charge in [-0.3, -0.25) is 0 Å². The highest BCUT2D eigenvalue weighted by Crippen LogP contribution is 2.06. The Morgan fingerprint density at radius 3 is 2.47 bits per heavy atom. The number of nitrogens with zero attached hydrogens (tertiary/aromatic N) is 1. The summed E-state index contributed by atoms with van der Waals surface area (Å²) >= 11 is 0. The largest absolute Gasteiger partial charge is 0.396 e. The van der Waals surface area contributed by atoms with E-state index in [0.29, 0.717) is 18.1 Å². The molecule has 0 aliphatic carbocycles. The van der Waals surface area contributed by atoms with Crippen LogP contribution >= 0.6 is 0 Å². The highest BCUT2D eigenvalue weighted by Gasteiger charge is 2.07.